The van der Waals surface area contributed by atoms with Gasteiger partial charge in [0.25, 0.3) is 0 Å². The third kappa shape index (κ3) is 6.40. The predicted molar refractivity (Wildman–Crippen MR) is 146 cm³/mol. The van der Waals surface area contributed by atoms with E-state index in [1.807, 2.05) is 37.4 Å². The number of methoxy groups -OCH3 is 1. The fourth-order valence-electron chi connectivity index (χ4n) is 4.86. The molecular weight excluding hydrogens is 466 g/mol. The largest absolute Gasteiger partial charge is 0.497 e. The van der Waals surface area contributed by atoms with Crippen LogP contribution >= 0.6 is 0 Å². The Morgan fingerprint density at radius 2 is 1.78 bits per heavy atom. The molecule has 0 unspecified atom stereocenters. The molecule has 0 radical (unpaired) electrons. The number of hydrogen-bond acceptors (Lipinski definition) is 6. The smallest absolute Gasteiger partial charge is 0.307 e. The number of carboxylic acid groups (broad SMARTS) is 1. The number of rotatable bonds is 9. The lowest BCUT2D eigenvalue weighted by atomic mass is 9.82. The van der Waals surface area contributed by atoms with Gasteiger partial charge >= 0.3 is 5.97 Å². The molecule has 1 fully saturated rings. The summed E-state index contributed by atoms with van der Waals surface area (Å²) in [5, 5.41) is 9.62. The van der Waals surface area contributed by atoms with Gasteiger partial charge < -0.3 is 19.5 Å². The molecule has 0 saturated carbocycles. The highest BCUT2D eigenvalue weighted by Crippen LogP contribution is 2.39. The van der Waals surface area contributed by atoms with Crippen LogP contribution in [0, 0.1) is 19.3 Å². The molecule has 3 aromatic rings. The summed E-state index contributed by atoms with van der Waals surface area (Å²) in [4.78, 5) is 23.3. The van der Waals surface area contributed by atoms with Crippen LogP contribution in [-0.2, 0) is 17.6 Å². The maximum Gasteiger partial charge on any atom is 0.307 e. The zero-order valence-corrected chi connectivity index (χ0v) is 22.5. The van der Waals surface area contributed by atoms with E-state index in [1.165, 1.54) is 11.1 Å². The van der Waals surface area contributed by atoms with Crippen LogP contribution in [-0.4, -0.2) is 47.8 Å². The fraction of sp³-hybridized carbons (Fsp3) is 0.433. The molecule has 196 valence electrons. The SMILES string of the molecule is COc1ccc(CCOc2ccc(-c3cnc(C)c(CC(=O)O)c3N3CCC(C)(C)CC3)nc2)c(C)c1. The monoisotopic (exact) mass is 503 g/mol. The van der Waals surface area contributed by atoms with Gasteiger partial charge in [-0.15, -0.1) is 0 Å². The summed E-state index contributed by atoms with van der Waals surface area (Å²) >= 11 is 0. The first-order chi connectivity index (χ1) is 17.7. The first-order valence-electron chi connectivity index (χ1n) is 12.8. The van der Waals surface area contributed by atoms with E-state index in [0.29, 0.717) is 12.4 Å². The van der Waals surface area contributed by atoms with Gasteiger partial charge in [-0.3, -0.25) is 14.8 Å². The number of hydrogen-bond donors (Lipinski definition) is 1. The first-order valence-corrected chi connectivity index (χ1v) is 12.8. The van der Waals surface area contributed by atoms with Gasteiger partial charge in [0.05, 0.1) is 37.7 Å². The normalized spacial score (nSPS) is 14.9. The Kier molecular flexibility index (Phi) is 8.00. The summed E-state index contributed by atoms with van der Waals surface area (Å²) in [5.41, 5.74) is 6.76. The second kappa shape index (κ2) is 11.2. The van der Waals surface area contributed by atoms with E-state index >= 15 is 0 Å². The van der Waals surface area contributed by atoms with Gasteiger partial charge in [0.2, 0.25) is 0 Å². The van der Waals surface area contributed by atoms with Crippen molar-refractivity contribution in [3.8, 4) is 22.8 Å². The molecule has 4 rings (SSSR count). The zero-order chi connectivity index (χ0) is 26.6. The highest BCUT2D eigenvalue weighted by Gasteiger charge is 2.29. The van der Waals surface area contributed by atoms with Gasteiger partial charge in [-0.2, -0.15) is 0 Å². The molecule has 7 heteroatoms. The van der Waals surface area contributed by atoms with Crippen LogP contribution in [0.3, 0.4) is 0 Å². The Hall–Kier alpha value is -3.61. The third-order valence-electron chi connectivity index (χ3n) is 7.33. The molecule has 0 spiro atoms. The maximum absolute atomic E-state index is 11.7. The Bertz CT molecular complexity index is 1240. The lowest BCUT2D eigenvalue weighted by Gasteiger charge is -2.40. The summed E-state index contributed by atoms with van der Waals surface area (Å²) < 4.78 is 11.3. The second-order valence-corrected chi connectivity index (χ2v) is 10.6. The maximum atomic E-state index is 11.7. The van der Waals surface area contributed by atoms with E-state index in [-0.39, 0.29) is 11.8 Å². The van der Waals surface area contributed by atoms with Gasteiger partial charge in [0.1, 0.15) is 11.5 Å². The number of pyridine rings is 2. The summed E-state index contributed by atoms with van der Waals surface area (Å²) in [5.74, 6) is 0.693. The molecule has 3 heterocycles. The van der Waals surface area contributed by atoms with Gasteiger partial charge in [0, 0.05) is 42.5 Å². The standard InChI is InChI=1S/C30H37N3O4/c1-20-16-23(36-5)7-6-22(20)10-15-37-24-8-9-27(32-18-24)26-19-31-21(2)25(17-28(34)35)29(26)33-13-11-30(3,4)12-14-33/h6-9,16,18-19H,10-15,17H2,1-5H3,(H,34,35). The summed E-state index contributed by atoms with van der Waals surface area (Å²) in [6.45, 7) is 10.8. The Morgan fingerprint density at radius 3 is 2.41 bits per heavy atom. The number of carboxylic acids is 1. The lowest BCUT2D eigenvalue weighted by Crippen LogP contribution is -2.38. The number of aliphatic carboxylic acids is 1. The molecule has 7 nitrogen and oxygen atoms in total. The molecular formula is C30H37N3O4. The van der Waals surface area contributed by atoms with E-state index in [9.17, 15) is 9.90 Å². The quantitative estimate of drug-likeness (QED) is 0.404. The highest BCUT2D eigenvalue weighted by atomic mass is 16.5. The van der Waals surface area contributed by atoms with Crippen molar-refractivity contribution in [2.75, 3.05) is 31.7 Å². The number of benzene rings is 1. The van der Waals surface area contributed by atoms with Crippen LogP contribution in [0.15, 0.2) is 42.7 Å². The predicted octanol–water partition coefficient (Wildman–Crippen LogP) is 5.64. The Balaban J connectivity index is 1.54. The second-order valence-electron chi connectivity index (χ2n) is 10.6. The molecule has 0 bridgehead atoms. The van der Waals surface area contributed by atoms with Crippen LogP contribution in [0.1, 0.15) is 49.1 Å². The van der Waals surface area contributed by atoms with E-state index in [1.54, 1.807) is 13.3 Å². The molecule has 0 aliphatic carbocycles. The van der Waals surface area contributed by atoms with Gasteiger partial charge in [-0.25, -0.2) is 0 Å². The number of aryl methyl sites for hydroxylation is 2. The molecule has 1 aliphatic heterocycles. The van der Waals surface area contributed by atoms with Gasteiger partial charge in [0.15, 0.2) is 0 Å². The molecule has 2 aromatic heterocycles. The number of piperidine rings is 1. The fourth-order valence-corrected chi connectivity index (χ4v) is 4.86. The van der Waals surface area contributed by atoms with Crippen LogP contribution in [0.2, 0.25) is 0 Å². The minimum Gasteiger partial charge on any atom is -0.497 e. The Labute approximate surface area is 219 Å². The molecule has 1 N–H and O–H groups in total. The molecule has 37 heavy (non-hydrogen) atoms. The first kappa shape index (κ1) is 26.5. The molecule has 1 aromatic carbocycles. The van der Waals surface area contributed by atoms with Crippen LogP contribution < -0.4 is 14.4 Å². The number of nitrogens with zero attached hydrogens (tertiary/aromatic N) is 3. The van der Waals surface area contributed by atoms with Crippen LogP contribution in [0.5, 0.6) is 11.5 Å². The van der Waals surface area contributed by atoms with Crippen molar-refractivity contribution in [2.24, 2.45) is 5.41 Å². The van der Waals surface area contributed by atoms with Crippen molar-refractivity contribution >= 4 is 11.7 Å². The van der Waals surface area contributed by atoms with E-state index in [0.717, 1.165) is 66.3 Å². The lowest BCUT2D eigenvalue weighted by molar-refractivity contribution is -0.136. The molecule has 1 saturated heterocycles. The number of ether oxygens (including phenoxy) is 2. The average Bonchev–Trinajstić information content (AvgIpc) is 2.86. The van der Waals surface area contributed by atoms with Crippen molar-refractivity contribution in [3.63, 3.8) is 0 Å². The summed E-state index contributed by atoms with van der Waals surface area (Å²) in [6.07, 6.45) is 6.38. The van der Waals surface area contributed by atoms with Crippen molar-refractivity contribution in [1.82, 2.24) is 9.97 Å². The molecule has 0 atom stereocenters. The number of anilines is 1. The third-order valence-corrected chi connectivity index (χ3v) is 7.33. The van der Waals surface area contributed by atoms with Crippen LogP contribution in [0.4, 0.5) is 5.69 Å². The topological polar surface area (TPSA) is 84.8 Å². The highest BCUT2D eigenvalue weighted by molar-refractivity contribution is 5.83. The van der Waals surface area contributed by atoms with Crippen molar-refractivity contribution in [1.29, 1.82) is 0 Å². The van der Waals surface area contributed by atoms with E-state index in [4.69, 9.17) is 14.5 Å². The van der Waals surface area contributed by atoms with Crippen LogP contribution in [0.25, 0.3) is 11.3 Å². The van der Waals surface area contributed by atoms with Crippen molar-refractivity contribution in [2.45, 2.75) is 53.4 Å². The van der Waals surface area contributed by atoms with E-state index in [2.05, 4.69) is 36.7 Å². The zero-order valence-electron chi connectivity index (χ0n) is 22.5. The average molecular weight is 504 g/mol. The summed E-state index contributed by atoms with van der Waals surface area (Å²) in [6, 6.07) is 9.92. The molecule has 1 aliphatic rings. The van der Waals surface area contributed by atoms with Gasteiger partial charge in [-0.1, -0.05) is 19.9 Å². The molecule has 0 amide bonds. The number of aromatic nitrogens is 2. The Morgan fingerprint density at radius 1 is 1.05 bits per heavy atom. The summed E-state index contributed by atoms with van der Waals surface area (Å²) in [7, 11) is 1.67. The van der Waals surface area contributed by atoms with Crippen molar-refractivity contribution < 1.29 is 19.4 Å². The van der Waals surface area contributed by atoms with Gasteiger partial charge in [-0.05, 0) is 67.5 Å². The van der Waals surface area contributed by atoms with Crippen molar-refractivity contribution in [3.05, 3.63) is 65.1 Å². The number of carbonyl (C=O) groups is 1. The minimum atomic E-state index is -0.857. The minimum absolute atomic E-state index is 0.0616. The van der Waals surface area contributed by atoms with E-state index < -0.39 is 5.97 Å².